The first-order valence-electron chi connectivity index (χ1n) is 13.5. The molecule has 2 aliphatic rings. The molecule has 1 heterocycles. The molecule has 4 unspecified atom stereocenters. The lowest BCUT2D eigenvalue weighted by Gasteiger charge is -2.45. The summed E-state index contributed by atoms with van der Waals surface area (Å²) in [4.78, 5) is 25.2. The Bertz CT molecular complexity index is 1460. The van der Waals surface area contributed by atoms with Gasteiger partial charge in [0.1, 0.15) is 28.9 Å². The summed E-state index contributed by atoms with van der Waals surface area (Å²) in [6.07, 6.45) is -6.50. The van der Waals surface area contributed by atoms with Gasteiger partial charge in [-0.2, -0.15) is 13.2 Å². The van der Waals surface area contributed by atoms with Crippen LogP contribution < -0.4 is 4.31 Å². The van der Waals surface area contributed by atoms with E-state index in [0.717, 1.165) is 15.4 Å². The Morgan fingerprint density at radius 1 is 1.00 bits per heavy atom. The van der Waals surface area contributed by atoms with Crippen molar-refractivity contribution in [2.75, 3.05) is 17.5 Å². The average Bonchev–Trinajstić information content (AvgIpc) is 3.82. The van der Waals surface area contributed by atoms with Gasteiger partial charge in [0, 0.05) is 10.0 Å². The van der Waals surface area contributed by atoms with Crippen LogP contribution in [0.3, 0.4) is 0 Å². The number of para-hydroxylation sites is 1. The summed E-state index contributed by atoms with van der Waals surface area (Å²) in [6, 6.07) is 16.5. The summed E-state index contributed by atoms with van der Waals surface area (Å²) in [5.74, 6) is -3.46. The number of carbonyl (C=O) groups is 2. The Morgan fingerprint density at radius 3 is 2.11 bits per heavy atom. The van der Waals surface area contributed by atoms with E-state index in [1.807, 2.05) is 30.3 Å². The second kappa shape index (κ2) is 14.7. The van der Waals surface area contributed by atoms with Crippen molar-refractivity contribution in [3.63, 3.8) is 0 Å². The number of carboxylic acids is 1. The quantitative estimate of drug-likeness (QED) is 0.252. The van der Waals surface area contributed by atoms with E-state index < -0.39 is 77.9 Å². The van der Waals surface area contributed by atoms with E-state index in [0.29, 0.717) is 22.8 Å². The molecule has 1 saturated carbocycles. The molecule has 5 rings (SSSR count). The van der Waals surface area contributed by atoms with Crippen molar-refractivity contribution >= 4 is 51.8 Å². The SMILES string of the molecule is Clc1ccccc1.O=C(O)CC1OCC(c2ccc(Cl)cc2)N(C(CN(c2ccccc2F)S(=O)C2CC2)C(F)(F)F)C1=O. The Labute approximate surface area is 263 Å². The molecule has 3 aromatic rings. The van der Waals surface area contributed by atoms with Gasteiger partial charge < -0.3 is 14.7 Å². The fraction of sp³-hybridized carbons (Fsp3) is 0.333. The van der Waals surface area contributed by atoms with Crippen LogP contribution in [0.15, 0.2) is 78.9 Å². The number of rotatable bonds is 9. The predicted octanol–water partition coefficient (Wildman–Crippen LogP) is 6.83. The van der Waals surface area contributed by atoms with Crippen LogP contribution in [-0.4, -0.2) is 62.8 Å². The highest BCUT2D eigenvalue weighted by Gasteiger charge is 2.53. The van der Waals surface area contributed by atoms with Crippen LogP contribution in [0.1, 0.15) is 30.9 Å². The number of hydrogen-bond donors (Lipinski definition) is 1. The molecule has 0 aromatic heterocycles. The summed E-state index contributed by atoms with van der Waals surface area (Å²) in [7, 11) is -1.99. The molecule has 1 saturated heterocycles. The number of hydrogen-bond acceptors (Lipinski definition) is 4. The minimum atomic E-state index is -5.04. The van der Waals surface area contributed by atoms with Gasteiger partial charge in [0.25, 0.3) is 5.91 Å². The maximum Gasteiger partial charge on any atom is 0.410 e. The number of amides is 1. The van der Waals surface area contributed by atoms with Crippen LogP contribution in [0.25, 0.3) is 0 Å². The molecule has 1 N–H and O–H groups in total. The number of ether oxygens (including phenoxy) is 1. The third kappa shape index (κ3) is 8.71. The second-order valence-electron chi connectivity index (χ2n) is 10.1. The molecule has 2 fully saturated rings. The first-order valence-corrected chi connectivity index (χ1v) is 15.4. The zero-order valence-corrected chi connectivity index (χ0v) is 25.3. The second-order valence-corrected chi connectivity index (χ2v) is 12.6. The normalized spacial score (nSPS) is 19.9. The first kappa shape index (κ1) is 33.7. The number of halogens is 6. The number of benzene rings is 3. The number of carboxylic acid groups (broad SMARTS) is 1. The van der Waals surface area contributed by atoms with Crippen LogP contribution in [0.2, 0.25) is 10.0 Å². The third-order valence-electron chi connectivity index (χ3n) is 6.87. The highest BCUT2D eigenvalue weighted by atomic mass is 35.5. The number of aliphatic carboxylic acids is 1. The molecule has 4 atom stereocenters. The lowest BCUT2D eigenvalue weighted by molar-refractivity contribution is -0.211. The summed E-state index contributed by atoms with van der Waals surface area (Å²) in [5, 5.41) is 9.85. The van der Waals surface area contributed by atoms with Crippen molar-refractivity contribution < 1.29 is 41.2 Å². The van der Waals surface area contributed by atoms with Crippen LogP contribution in [0, 0.1) is 5.82 Å². The fourth-order valence-electron chi connectivity index (χ4n) is 4.59. The van der Waals surface area contributed by atoms with Gasteiger partial charge >= 0.3 is 12.1 Å². The van der Waals surface area contributed by atoms with Gasteiger partial charge in [-0.05, 0) is 54.8 Å². The molecule has 236 valence electrons. The van der Waals surface area contributed by atoms with Gasteiger partial charge in [-0.1, -0.05) is 65.7 Å². The van der Waals surface area contributed by atoms with E-state index >= 15 is 0 Å². The maximum absolute atomic E-state index is 14.7. The van der Waals surface area contributed by atoms with E-state index in [4.69, 9.17) is 33.0 Å². The van der Waals surface area contributed by atoms with E-state index in [1.165, 1.54) is 42.5 Å². The third-order valence-corrected chi connectivity index (χ3v) is 9.20. The van der Waals surface area contributed by atoms with Gasteiger partial charge in [0.2, 0.25) is 0 Å². The number of nitrogens with zero attached hydrogens (tertiary/aromatic N) is 2. The lowest BCUT2D eigenvalue weighted by Crippen LogP contribution is -2.61. The summed E-state index contributed by atoms with van der Waals surface area (Å²) < 4.78 is 78.2. The molecular weight excluding hydrogens is 647 g/mol. The van der Waals surface area contributed by atoms with Gasteiger partial charge in [0.05, 0.1) is 36.6 Å². The lowest BCUT2D eigenvalue weighted by atomic mass is 9.99. The van der Waals surface area contributed by atoms with Crippen molar-refractivity contribution in [3.8, 4) is 0 Å². The molecule has 44 heavy (non-hydrogen) atoms. The van der Waals surface area contributed by atoms with Crippen molar-refractivity contribution in [1.82, 2.24) is 4.90 Å². The minimum Gasteiger partial charge on any atom is -0.481 e. The van der Waals surface area contributed by atoms with Crippen molar-refractivity contribution in [3.05, 3.63) is 100 Å². The molecule has 14 heteroatoms. The van der Waals surface area contributed by atoms with Gasteiger partial charge in [-0.15, -0.1) is 0 Å². The summed E-state index contributed by atoms with van der Waals surface area (Å²) >= 11 is 11.5. The molecular formula is C30H28Cl2F4N2O5S. The number of carbonyl (C=O) groups excluding carboxylic acids is 1. The Hall–Kier alpha value is -3.19. The van der Waals surface area contributed by atoms with Crippen molar-refractivity contribution in [2.24, 2.45) is 0 Å². The molecule has 1 aliphatic carbocycles. The zero-order valence-electron chi connectivity index (χ0n) is 23.0. The van der Waals surface area contributed by atoms with Gasteiger partial charge in [-0.3, -0.25) is 13.9 Å². The Kier molecular flexibility index (Phi) is 11.3. The number of alkyl halides is 3. The summed E-state index contributed by atoms with van der Waals surface area (Å²) in [6.45, 7) is -1.44. The van der Waals surface area contributed by atoms with Crippen LogP contribution in [-0.2, 0) is 25.3 Å². The highest BCUT2D eigenvalue weighted by molar-refractivity contribution is 7.87. The van der Waals surface area contributed by atoms with E-state index in [2.05, 4.69) is 0 Å². The molecule has 0 spiro atoms. The molecule has 1 aliphatic heterocycles. The largest absolute Gasteiger partial charge is 0.481 e. The Balaban J connectivity index is 0.000000555. The van der Waals surface area contributed by atoms with Crippen LogP contribution in [0.5, 0.6) is 0 Å². The molecule has 0 bridgehead atoms. The molecule has 3 aromatic carbocycles. The van der Waals surface area contributed by atoms with E-state index in [9.17, 15) is 31.4 Å². The number of morpholine rings is 1. The average molecular weight is 676 g/mol. The van der Waals surface area contributed by atoms with Crippen molar-refractivity contribution in [1.29, 1.82) is 0 Å². The molecule has 1 amide bonds. The highest BCUT2D eigenvalue weighted by Crippen LogP contribution is 2.39. The van der Waals surface area contributed by atoms with Crippen LogP contribution in [0.4, 0.5) is 23.2 Å². The molecule has 7 nitrogen and oxygen atoms in total. The first-order chi connectivity index (χ1) is 20.9. The summed E-state index contributed by atoms with van der Waals surface area (Å²) in [5.41, 5.74) is -0.00523. The topological polar surface area (TPSA) is 87.2 Å². The monoisotopic (exact) mass is 674 g/mol. The number of anilines is 1. The zero-order chi connectivity index (χ0) is 32.0. The Morgan fingerprint density at radius 2 is 1.59 bits per heavy atom. The van der Waals surface area contributed by atoms with Crippen LogP contribution >= 0.6 is 23.2 Å². The van der Waals surface area contributed by atoms with Gasteiger partial charge in [-0.25, -0.2) is 8.60 Å². The van der Waals surface area contributed by atoms with Crippen molar-refractivity contribution in [2.45, 2.75) is 48.9 Å². The smallest absolute Gasteiger partial charge is 0.410 e. The predicted molar refractivity (Wildman–Crippen MR) is 159 cm³/mol. The maximum atomic E-state index is 14.7. The fourth-order valence-corrected chi connectivity index (χ4v) is 6.39. The van der Waals surface area contributed by atoms with E-state index in [1.54, 1.807) is 0 Å². The van der Waals surface area contributed by atoms with E-state index in [-0.39, 0.29) is 11.3 Å². The minimum absolute atomic E-state index is 0.279. The molecule has 0 radical (unpaired) electrons. The van der Waals surface area contributed by atoms with Gasteiger partial charge in [0.15, 0.2) is 0 Å². The standard InChI is InChI=1S/C24H23ClF4N2O5S.C6H5Cl/c25-15-7-5-14(6-8-15)19-13-36-20(11-22(32)33)23(34)31(19)21(24(27,28)29)12-30(37(35)16-9-10-16)18-4-2-1-3-17(18)26;7-6-4-2-1-3-5-6/h1-8,16,19-21H,9-13H2,(H,32,33);1-5H.